The smallest absolute Gasteiger partial charge is 0.159 e. The van der Waals surface area contributed by atoms with Gasteiger partial charge in [0.05, 0.1) is 5.52 Å². The molecule has 0 saturated carbocycles. The van der Waals surface area contributed by atoms with E-state index < -0.39 is 0 Å². The third-order valence-corrected chi connectivity index (χ3v) is 3.28. The monoisotopic (exact) mass is 308 g/mol. The van der Waals surface area contributed by atoms with Crippen molar-refractivity contribution in [3.05, 3.63) is 42.9 Å². The van der Waals surface area contributed by atoms with E-state index in [2.05, 4.69) is 46.4 Å². The molecule has 0 atom stereocenters. The van der Waals surface area contributed by atoms with Gasteiger partial charge in [-0.2, -0.15) is 0 Å². The lowest BCUT2D eigenvalue weighted by Gasteiger charge is -2.23. The average Bonchev–Trinajstić information content (AvgIpc) is 2.50. The number of nitrogens with zero attached hydrogens (tertiary/aromatic N) is 3. The molecule has 0 bridgehead atoms. The lowest BCUT2D eigenvalue weighted by molar-refractivity contribution is 0.630. The summed E-state index contributed by atoms with van der Waals surface area (Å²) in [5.74, 6) is 1.19. The summed E-state index contributed by atoms with van der Waals surface area (Å²) in [5.41, 5.74) is 8.39. The van der Waals surface area contributed by atoms with Crippen molar-refractivity contribution in [3.63, 3.8) is 0 Å². The van der Waals surface area contributed by atoms with E-state index in [0.29, 0.717) is 17.3 Å². The second-order valence-corrected chi connectivity index (χ2v) is 6.36. The molecule has 0 unspecified atom stereocenters. The molecule has 1 aromatic carbocycles. The number of anilines is 4. The van der Waals surface area contributed by atoms with E-state index in [9.17, 15) is 0 Å². The van der Waals surface area contributed by atoms with Crippen LogP contribution in [-0.4, -0.2) is 20.5 Å². The third-order valence-electron chi connectivity index (χ3n) is 3.28. The molecule has 2 heterocycles. The fraction of sp³-hybridized carbons (Fsp3) is 0.235. The van der Waals surface area contributed by atoms with Gasteiger partial charge in [-0.1, -0.05) is 6.07 Å². The maximum Gasteiger partial charge on any atom is 0.159 e. The van der Waals surface area contributed by atoms with E-state index in [4.69, 9.17) is 5.73 Å². The van der Waals surface area contributed by atoms with E-state index in [1.165, 1.54) is 6.33 Å². The van der Waals surface area contributed by atoms with Crippen LogP contribution < -0.4 is 16.4 Å². The van der Waals surface area contributed by atoms with Crippen molar-refractivity contribution < 1.29 is 0 Å². The first-order valence-electron chi connectivity index (χ1n) is 7.43. The van der Waals surface area contributed by atoms with Crippen LogP contribution in [0.1, 0.15) is 20.8 Å². The van der Waals surface area contributed by atoms with Crippen LogP contribution in [0.3, 0.4) is 0 Å². The minimum absolute atomic E-state index is 0.136. The molecule has 0 aliphatic rings. The summed E-state index contributed by atoms with van der Waals surface area (Å²) in [6, 6.07) is 9.81. The van der Waals surface area contributed by atoms with E-state index in [-0.39, 0.29) is 5.54 Å². The zero-order valence-corrected chi connectivity index (χ0v) is 13.5. The fourth-order valence-corrected chi connectivity index (χ4v) is 2.29. The Labute approximate surface area is 135 Å². The quantitative estimate of drug-likeness (QED) is 0.685. The largest absolute Gasteiger partial charge is 0.393 e. The number of rotatable bonds is 3. The zero-order chi connectivity index (χ0) is 16.4. The molecule has 0 radical (unpaired) electrons. The lowest BCUT2D eigenvalue weighted by atomic mass is 10.1. The first-order chi connectivity index (χ1) is 10.9. The van der Waals surface area contributed by atoms with Crippen molar-refractivity contribution in [2.45, 2.75) is 26.3 Å². The number of benzene rings is 1. The second-order valence-electron chi connectivity index (χ2n) is 6.36. The van der Waals surface area contributed by atoms with Crippen LogP contribution in [-0.2, 0) is 0 Å². The summed E-state index contributed by atoms with van der Waals surface area (Å²) in [5, 5.41) is 7.58. The maximum atomic E-state index is 6.22. The van der Waals surface area contributed by atoms with Gasteiger partial charge in [0, 0.05) is 22.8 Å². The highest BCUT2D eigenvalue weighted by Gasteiger charge is 2.15. The predicted octanol–water partition coefficient (Wildman–Crippen LogP) is 3.56. The number of nitrogens with two attached hydrogens (primary N) is 1. The van der Waals surface area contributed by atoms with Gasteiger partial charge in [0.2, 0.25) is 0 Å². The Morgan fingerprint density at radius 1 is 0.957 bits per heavy atom. The van der Waals surface area contributed by atoms with Crippen LogP contribution in [0.5, 0.6) is 0 Å². The van der Waals surface area contributed by atoms with Crippen molar-refractivity contribution in [1.82, 2.24) is 15.0 Å². The molecule has 6 nitrogen and oxygen atoms in total. The molecule has 3 rings (SSSR count). The van der Waals surface area contributed by atoms with Gasteiger partial charge in [-0.3, -0.25) is 4.98 Å². The number of hydrogen-bond acceptors (Lipinski definition) is 6. The van der Waals surface area contributed by atoms with Gasteiger partial charge in [-0.25, -0.2) is 9.97 Å². The molecule has 4 N–H and O–H groups in total. The van der Waals surface area contributed by atoms with Crippen LogP contribution in [0.15, 0.2) is 42.9 Å². The van der Waals surface area contributed by atoms with Crippen molar-refractivity contribution in [2.75, 3.05) is 16.4 Å². The molecule has 2 aromatic heterocycles. The Hall–Kier alpha value is -2.89. The summed E-state index contributed by atoms with van der Waals surface area (Å²) in [4.78, 5) is 12.8. The van der Waals surface area contributed by atoms with Crippen LogP contribution in [0.4, 0.5) is 23.0 Å². The summed E-state index contributed by atoms with van der Waals surface area (Å²) in [6.45, 7) is 6.16. The standard InChI is InChI=1S/C17H20N6/c1-17(2,3)23-16-14(18)15(20-10-21-16)22-13-8-4-7-12-11(13)6-5-9-19-12/h4-10H,18H2,1-3H3,(H2,20,21,22,23). The number of fused-ring (bicyclic) bond motifs is 1. The molecular formula is C17H20N6. The summed E-state index contributed by atoms with van der Waals surface area (Å²) >= 11 is 0. The van der Waals surface area contributed by atoms with E-state index >= 15 is 0 Å². The Bertz CT molecular complexity index is 833. The van der Waals surface area contributed by atoms with Crippen molar-refractivity contribution in [3.8, 4) is 0 Å². The van der Waals surface area contributed by atoms with Crippen LogP contribution in [0.2, 0.25) is 0 Å². The summed E-state index contributed by atoms with van der Waals surface area (Å²) in [6.07, 6.45) is 3.27. The van der Waals surface area contributed by atoms with E-state index in [0.717, 1.165) is 16.6 Å². The molecular weight excluding hydrogens is 288 g/mol. The van der Waals surface area contributed by atoms with Gasteiger partial charge >= 0.3 is 0 Å². The van der Waals surface area contributed by atoms with Gasteiger partial charge in [0.15, 0.2) is 11.6 Å². The average molecular weight is 308 g/mol. The normalized spacial score (nSPS) is 11.4. The second kappa shape index (κ2) is 5.72. The number of hydrogen-bond donors (Lipinski definition) is 3. The van der Waals surface area contributed by atoms with Gasteiger partial charge in [-0.15, -0.1) is 0 Å². The van der Waals surface area contributed by atoms with Gasteiger partial charge in [-0.05, 0) is 45.0 Å². The van der Waals surface area contributed by atoms with Crippen LogP contribution in [0, 0.1) is 0 Å². The molecule has 0 aliphatic heterocycles. The SMILES string of the molecule is CC(C)(C)Nc1ncnc(Nc2cccc3ncccc23)c1N. The predicted molar refractivity (Wildman–Crippen MR) is 94.8 cm³/mol. The summed E-state index contributed by atoms with van der Waals surface area (Å²) in [7, 11) is 0. The number of pyridine rings is 1. The number of nitrogens with one attached hydrogen (secondary N) is 2. The maximum absolute atomic E-state index is 6.22. The fourth-order valence-electron chi connectivity index (χ4n) is 2.29. The lowest BCUT2D eigenvalue weighted by Crippen LogP contribution is -2.27. The molecule has 0 saturated heterocycles. The minimum atomic E-state index is -0.136. The van der Waals surface area contributed by atoms with Gasteiger partial charge < -0.3 is 16.4 Å². The van der Waals surface area contributed by atoms with Crippen molar-refractivity contribution >= 4 is 33.9 Å². The van der Waals surface area contributed by atoms with E-state index in [1.54, 1.807) is 6.20 Å². The molecule has 0 amide bonds. The molecule has 3 aromatic rings. The minimum Gasteiger partial charge on any atom is -0.393 e. The van der Waals surface area contributed by atoms with E-state index in [1.807, 2.05) is 30.3 Å². The highest BCUT2D eigenvalue weighted by atomic mass is 15.1. The first-order valence-corrected chi connectivity index (χ1v) is 7.43. The number of aromatic nitrogens is 3. The van der Waals surface area contributed by atoms with Crippen LogP contribution in [0.25, 0.3) is 10.9 Å². The Morgan fingerprint density at radius 2 is 1.74 bits per heavy atom. The Morgan fingerprint density at radius 3 is 2.52 bits per heavy atom. The third kappa shape index (κ3) is 3.31. The Kier molecular flexibility index (Phi) is 3.73. The molecule has 6 heteroatoms. The topological polar surface area (TPSA) is 88.8 Å². The van der Waals surface area contributed by atoms with Crippen molar-refractivity contribution in [2.24, 2.45) is 0 Å². The first kappa shape index (κ1) is 15.0. The zero-order valence-electron chi connectivity index (χ0n) is 13.5. The van der Waals surface area contributed by atoms with Crippen molar-refractivity contribution in [1.29, 1.82) is 0 Å². The van der Waals surface area contributed by atoms with Gasteiger partial charge in [0.25, 0.3) is 0 Å². The molecule has 0 fully saturated rings. The number of nitrogen functional groups attached to an aromatic ring is 1. The molecule has 0 spiro atoms. The summed E-state index contributed by atoms with van der Waals surface area (Å²) < 4.78 is 0. The molecule has 0 aliphatic carbocycles. The van der Waals surface area contributed by atoms with Gasteiger partial charge in [0.1, 0.15) is 12.0 Å². The Balaban J connectivity index is 1.98. The van der Waals surface area contributed by atoms with Crippen LogP contribution >= 0.6 is 0 Å². The highest BCUT2D eigenvalue weighted by Crippen LogP contribution is 2.30. The highest BCUT2D eigenvalue weighted by molar-refractivity contribution is 5.94. The molecule has 23 heavy (non-hydrogen) atoms. The molecule has 118 valence electrons.